The fourth-order valence-electron chi connectivity index (χ4n) is 3.16. The molecular formula is C22H20N2O2. The fourth-order valence-corrected chi connectivity index (χ4v) is 3.16. The SMILES string of the molecule is O=C(NCCc1ccccc1)c1cc2occc2n1Cc1ccccc1. The number of fused-ring (bicyclic) bond motifs is 1. The smallest absolute Gasteiger partial charge is 0.268 e. The second-order valence-electron chi connectivity index (χ2n) is 6.26. The quantitative estimate of drug-likeness (QED) is 0.568. The molecule has 2 aromatic carbocycles. The van der Waals surface area contributed by atoms with Gasteiger partial charge in [0.1, 0.15) is 5.69 Å². The van der Waals surface area contributed by atoms with E-state index in [4.69, 9.17) is 4.42 Å². The number of rotatable bonds is 6. The fraction of sp³-hybridized carbons (Fsp3) is 0.136. The number of furan rings is 1. The van der Waals surface area contributed by atoms with E-state index in [0.717, 1.165) is 23.1 Å². The van der Waals surface area contributed by atoms with Gasteiger partial charge < -0.3 is 14.3 Å². The first-order chi connectivity index (χ1) is 12.8. The molecule has 26 heavy (non-hydrogen) atoms. The molecule has 1 N–H and O–H groups in total. The average Bonchev–Trinajstić information content (AvgIpc) is 3.26. The summed E-state index contributed by atoms with van der Waals surface area (Å²) in [6.45, 7) is 1.23. The number of nitrogens with zero attached hydrogens (tertiary/aromatic N) is 1. The van der Waals surface area contributed by atoms with Gasteiger partial charge in [0.15, 0.2) is 5.58 Å². The lowest BCUT2D eigenvalue weighted by Gasteiger charge is -2.11. The van der Waals surface area contributed by atoms with Crippen LogP contribution in [0.4, 0.5) is 0 Å². The summed E-state index contributed by atoms with van der Waals surface area (Å²) in [5, 5.41) is 3.02. The molecular weight excluding hydrogens is 324 g/mol. The molecule has 1 amide bonds. The highest BCUT2D eigenvalue weighted by Gasteiger charge is 2.17. The van der Waals surface area contributed by atoms with E-state index in [-0.39, 0.29) is 5.91 Å². The zero-order valence-electron chi connectivity index (χ0n) is 14.4. The Morgan fingerprint density at radius 2 is 1.62 bits per heavy atom. The van der Waals surface area contributed by atoms with Gasteiger partial charge in [0.05, 0.1) is 11.8 Å². The van der Waals surface area contributed by atoms with Crippen LogP contribution >= 0.6 is 0 Å². The molecule has 4 heteroatoms. The van der Waals surface area contributed by atoms with Crippen molar-refractivity contribution in [1.29, 1.82) is 0 Å². The Hall–Kier alpha value is -3.27. The molecule has 4 nitrogen and oxygen atoms in total. The van der Waals surface area contributed by atoms with Crippen molar-refractivity contribution >= 4 is 17.0 Å². The van der Waals surface area contributed by atoms with Crippen LogP contribution in [0.15, 0.2) is 83.5 Å². The summed E-state index contributed by atoms with van der Waals surface area (Å²) in [7, 11) is 0. The van der Waals surface area contributed by atoms with Crippen LogP contribution in [0.25, 0.3) is 11.1 Å². The highest BCUT2D eigenvalue weighted by molar-refractivity contribution is 5.97. The van der Waals surface area contributed by atoms with E-state index in [1.807, 2.05) is 53.1 Å². The van der Waals surface area contributed by atoms with Gasteiger partial charge in [-0.2, -0.15) is 0 Å². The van der Waals surface area contributed by atoms with Gasteiger partial charge >= 0.3 is 0 Å². The molecule has 0 spiro atoms. The molecule has 2 heterocycles. The first-order valence-electron chi connectivity index (χ1n) is 8.74. The maximum absolute atomic E-state index is 12.7. The van der Waals surface area contributed by atoms with E-state index < -0.39 is 0 Å². The Balaban J connectivity index is 1.52. The van der Waals surface area contributed by atoms with E-state index in [9.17, 15) is 4.79 Å². The van der Waals surface area contributed by atoms with Gasteiger partial charge in [0, 0.05) is 25.2 Å². The Morgan fingerprint density at radius 3 is 2.35 bits per heavy atom. The minimum Gasteiger partial charge on any atom is -0.463 e. The standard InChI is InChI=1S/C22H20N2O2/c25-22(23-13-11-17-7-3-1-4-8-17)20-15-21-19(12-14-26-21)24(20)16-18-9-5-2-6-10-18/h1-10,12,14-15H,11,13,16H2,(H,23,25). The number of carbonyl (C=O) groups excluding carboxylic acids is 1. The Kier molecular flexibility index (Phi) is 4.56. The summed E-state index contributed by atoms with van der Waals surface area (Å²) in [5.41, 5.74) is 4.64. The van der Waals surface area contributed by atoms with E-state index in [1.165, 1.54) is 5.56 Å². The summed E-state index contributed by atoms with van der Waals surface area (Å²) in [4.78, 5) is 12.7. The number of hydrogen-bond donors (Lipinski definition) is 1. The van der Waals surface area contributed by atoms with Crippen molar-refractivity contribution in [3.63, 3.8) is 0 Å². The third kappa shape index (κ3) is 3.40. The third-order valence-electron chi connectivity index (χ3n) is 4.48. The van der Waals surface area contributed by atoms with Crippen LogP contribution in [0.5, 0.6) is 0 Å². The molecule has 0 bridgehead atoms. The van der Waals surface area contributed by atoms with Crippen molar-refractivity contribution in [3.05, 3.63) is 95.9 Å². The zero-order chi connectivity index (χ0) is 17.8. The van der Waals surface area contributed by atoms with E-state index in [0.29, 0.717) is 18.8 Å². The van der Waals surface area contributed by atoms with Crippen molar-refractivity contribution in [2.45, 2.75) is 13.0 Å². The van der Waals surface area contributed by atoms with Crippen LogP contribution in [0, 0.1) is 0 Å². The van der Waals surface area contributed by atoms with Crippen LogP contribution in [0.3, 0.4) is 0 Å². The van der Waals surface area contributed by atoms with Crippen LogP contribution in [-0.2, 0) is 13.0 Å². The lowest BCUT2D eigenvalue weighted by Crippen LogP contribution is -2.28. The molecule has 4 aromatic rings. The molecule has 0 fully saturated rings. The normalized spacial score (nSPS) is 10.9. The first-order valence-corrected chi connectivity index (χ1v) is 8.74. The molecule has 0 aliphatic heterocycles. The van der Waals surface area contributed by atoms with Gasteiger partial charge in [0.2, 0.25) is 0 Å². The molecule has 0 saturated heterocycles. The van der Waals surface area contributed by atoms with Gasteiger partial charge in [0.25, 0.3) is 5.91 Å². The minimum absolute atomic E-state index is 0.0803. The lowest BCUT2D eigenvalue weighted by atomic mass is 10.1. The zero-order valence-corrected chi connectivity index (χ0v) is 14.4. The molecule has 0 atom stereocenters. The lowest BCUT2D eigenvalue weighted by molar-refractivity contribution is 0.0945. The van der Waals surface area contributed by atoms with E-state index in [1.54, 1.807) is 6.26 Å². The highest BCUT2D eigenvalue weighted by Crippen LogP contribution is 2.22. The number of amides is 1. The minimum atomic E-state index is -0.0803. The molecule has 0 unspecified atom stereocenters. The topological polar surface area (TPSA) is 47.2 Å². The van der Waals surface area contributed by atoms with Crippen LogP contribution < -0.4 is 5.32 Å². The van der Waals surface area contributed by atoms with Crippen LogP contribution in [0.1, 0.15) is 21.6 Å². The van der Waals surface area contributed by atoms with Crippen molar-refractivity contribution in [2.75, 3.05) is 6.54 Å². The molecule has 0 saturated carbocycles. The largest absolute Gasteiger partial charge is 0.463 e. The van der Waals surface area contributed by atoms with Crippen LogP contribution in [-0.4, -0.2) is 17.0 Å². The number of nitrogens with one attached hydrogen (secondary N) is 1. The molecule has 0 aliphatic carbocycles. The number of benzene rings is 2. The maximum atomic E-state index is 12.7. The summed E-state index contributed by atoms with van der Waals surface area (Å²) in [6, 6.07) is 24.0. The van der Waals surface area contributed by atoms with Gasteiger partial charge in [-0.15, -0.1) is 0 Å². The first kappa shape index (κ1) is 16.2. The van der Waals surface area contributed by atoms with Crippen LogP contribution in [0.2, 0.25) is 0 Å². The highest BCUT2D eigenvalue weighted by atomic mass is 16.3. The van der Waals surface area contributed by atoms with Gasteiger partial charge in [-0.25, -0.2) is 0 Å². The second-order valence-corrected chi connectivity index (χ2v) is 6.26. The van der Waals surface area contributed by atoms with E-state index >= 15 is 0 Å². The third-order valence-corrected chi connectivity index (χ3v) is 4.48. The number of hydrogen-bond acceptors (Lipinski definition) is 2. The monoisotopic (exact) mass is 344 g/mol. The van der Waals surface area contributed by atoms with Crippen molar-refractivity contribution in [2.24, 2.45) is 0 Å². The van der Waals surface area contributed by atoms with Gasteiger partial charge in [-0.05, 0) is 17.5 Å². The Bertz CT molecular complexity index is 1000. The summed E-state index contributed by atoms with van der Waals surface area (Å²) in [6.07, 6.45) is 2.46. The van der Waals surface area contributed by atoms with Crippen molar-refractivity contribution in [3.8, 4) is 0 Å². The Morgan fingerprint density at radius 1 is 0.923 bits per heavy atom. The van der Waals surface area contributed by atoms with Crippen molar-refractivity contribution in [1.82, 2.24) is 9.88 Å². The summed E-state index contributed by atoms with van der Waals surface area (Å²) in [5.74, 6) is -0.0803. The molecule has 130 valence electrons. The van der Waals surface area contributed by atoms with Crippen molar-refractivity contribution < 1.29 is 9.21 Å². The van der Waals surface area contributed by atoms with E-state index in [2.05, 4.69) is 29.6 Å². The average molecular weight is 344 g/mol. The summed E-state index contributed by atoms with van der Waals surface area (Å²) >= 11 is 0. The second kappa shape index (κ2) is 7.31. The molecule has 2 aromatic heterocycles. The summed E-state index contributed by atoms with van der Waals surface area (Å²) < 4.78 is 7.51. The Labute approximate surface area is 152 Å². The predicted octanol–water partition coefficient (Wildman–Crippen LogP) is 4.26. The molecule has 0 aliphatic rings. The maximum Gasteiger partial charge on any atom is 0.268 e. The van der Waals surface area contributed by atoms with Gasteiger partial charge in [-0.1, -0.05) is 60.7 Å². The van der Waals surface area contributed by atoms with Gasteiger partial charge in [-0.3, -0.25) is 4.79 Å². The number of aromatic nitrogens is 1. The number of carbonyl (C=O) groups is 1. The molecule has 4 rings (SSSR count). The molecule has 0 radical (unpaired) electrons. The predicted molar refractivity (Wildman–Crippen MR) is 102 cm³/mol.